The van der Waals surface area contributed by atoms with Crippen LogP contribution in [0.2, 0.25) is 5.02 Å². The van der Waals surface area contributed by atoms with Gasteiger partial charge in [-0.1, -0.05) is 41.4 Å². The lowest BCUT2D eigenvalue weighted by atomic mass is 9.98. The van der Waals surface area contributed by atoms with Crippen molar-refractivity contribution in [2.24, 2.45) is 14.1 Å². The van der Waals surface area contributed by atoms with Crippen LogP contribution < -0.4 is 9.64 Å². The highest BCUT2D eigenvalue weighted by Gasteiger charge is 2.42. The molecule has 0 saturated carbocycles. The standard InChI is InChI=1S/C40H39Cl2N7O3/c1-21-16-27(17-22(2)35(21)41)51-15-9-12-29-28-10-8-11-31(34-23(3)45-47(7)24(34)4)36(28)48-25(5)38(42)49(40(50)37(29)48)33-19-46(6)32-18-26(13-14-30(32)33)39-44-43-20-52-39/h8,10-11,13-14,16-20,25,38H,9,12,15H2,1-7H3/t25?,38-/m0/s1. The molecule has 1 unspecified atom stereocenters. The molecule has 0 radical (unpaired) electrons. The van der Waals surface area contributed by atoms with Crippen molar-refractivity contribution in [2.45, 2.75) is 59.0 Å². The van der Waals surface area contributed by atoms with Crippen LogP contribution in [0.3, 0.4) is 0 Å². The number of carbonyl (C=O) groups is 1. The van der Waals surface area contributed by atoms with E-state index in [2.05, 4.69) is 46.8 Å². The minimum Gasteiger partial charge on any atom is -0.494 e. The predicted molar refractivity (Wildman–Crippen MR) is 206 cm³/mol. The molecule has 0 saturated heterocycles. The average Bonchev–Trinajstić information content (AvgIpc) is 3.90. The predicted octanol–water partition coefficient (Wildman–Crippen LogP) is 9.27. The fourth-order valence-electron chi connectivity index (χ4n) is 7.91. The molecule has 0 aliphatic carbocycles. The number of aromatic nitrogens is 6. The number of aryl methyl sites for hydroxylation is 6. The van der Waals surface area contributed by atoms with Gasteiger partial charge in [-0.05, 0) is 94.5 Å². The van der Waals surface area contributed by atoms with E-state index in [9.17, 15) is 0 Å². The van der Waals surface area contributed by atoms with E-state index < -0.39 is 5.50 Å². The molecule has 0 spiro atoms. The Morgan fingerprint density at radius 2 is 1.77 bits per heavy atom. The lowest BCUT2D eigenvalue weighted by Gasteiger charge is -2.38. The van der Waals surface area contributed by atoms with E-state index in [1.807, 2.05) is 80.6 Å². The molecule has 12 heteroatoms. The highest BCUT2D eigenvalue weighted by Crippen LogP contribution is 2.46. The average molecular weight is 737 g/mol. The Balaban J connectivity index is 1.25. The van der Waals surface area contributed by atoms with E-state index in [0.717, 1.165) is 83.0 Å². The molecule has 52 heavy (non-hydrogen) atoms. The number of ether oxygens (including phenoxy) is 1. The molecule has 1 aliphatic rings. The topological polar surface area (TPSA) is 96.1 Å². The van der Waals surface area contributed by atoms with Crippen molar-refractivity contribution in [3.8, 4) is 28.3 Å². The number of para-hydroxylation sites is 1. The van der Waals surface area contributed by atoms with Gasteiger partial charge in [-0.25, -0.2) is 0 Å². The normalized spacial score (nSPS) is 16.0. The van der Waals surface area contributed by atoms with Crippen LogP contribution in [-0.2, 0) is 20.5 Å². The molecule has 0 N–H and O–H groups in total. The Morgan fingerprint density at radius 1 is 1.00 bits per heavy atom. The summed E-state index contributed by atoms with van der Waals surface area (Å²) in [6.07, 6.45) is 4.60. The van der Waals surface area contributed by atoms with E-state index in [1.165, 1.54) is 6.39 Å². The number of alkyl halides is 1. The van der Waals surface area contributed by atoms with E-state index >= 15 is 4.79 Å². The first-order valence-corrected chi connectivity index (χ1v) is 18.2. The summed E-state index contributed by atoms with van der Waals surface area (Å²) in [4.78, 5) is 16.9. The van der Waals surface area contributed by atoms with Gasteiger partial charge in [-0.2, -0.15) is 5.10 Å². The number of hydrogen-bond donors (Lipinski definition) is 0. The summed E-state index contributed by atoms with van der Waals surface area (Å²) >= 11 is 13.8. The zero-order valence-electron chi connectivity index (χ0n) is 30.2. The third-order valence-electron chi connectivity index (χ3n) is 10.5. The van der Waals surface area contributed by atoms with Crippen molar-refractivity contribution in [3.63, 3.8) is 0 Å². The summed E-state index contributed by atoms with van der Waals surface area (Å²) in [5.74, 6) is 1.07. The fraction of sp³-hybridized carbons (Fsp3) is 0.300. The largest absolute Gasteiger partial charge is 0.494 e. The fourth-order valence-corrected chi connectivity index (χ4v) is 8.33. The second kappa shape index (κ2) is 12.9. The summed E-state index contributed by atoms with van der Waals surface area (Å²) in [7, 11) is 3.92. The van der Waals surface area contributed by atoms with Crippen molar-refractivity contribution in [1.82, 2.24) is 29.1 Å². The summed E-state index contributed by atoms with van der Waals surface area (Å²) in [6, 6.07) is 15.9. The SMILES string of the molecule is Cc1cc(OCCCc2c3n(c4c(-c5c(C)nn(C)c5C)cccc24)C(C)[C@@H](Cl)N(c2cn(C)c4cc(-c5nnco5)ccc24)C3=O)cc(C)c1Cl. The Kier molecular flexibility index (Phi) is 8.42. The highest BCUT2D eigenvalue weighted by molar-refractivity contribution is 6.32. The number of nitrogens with zero attached hydrogens (tertiary/aromatic N) is 7. The van der Waals surface area contributed by atoms with Gasteiger partial charge in [-0.15, -0.1) is 10.2 Å². The van der Waals surface area contributed by atoms with Gasteiger partial charge in [0.2, 0.25) is 12.3 Å². The number of carbonyl (C=O) groups excluding carboxylic acids is 1. The molecule has 3 aromatic carbocycles. The maximum absolute atomic E-state index is 15.1. The highest BCUT2D eigenvalue weighted by atomic mass is 35.5. The van der Waals surface area contributed by atoms with Crippen LogP contribution in [0.4, 0.5) is 5.69 Å². The number of rotatable bonds is 8. The number of fused-ring (bicyclic) bond motifs is 4. The third kappa shape index (κ3) is 5.30. The van der Waals surface area contributed by atoms with Crippen molar-refractivity contribution >= 4 is 56.6 Å². The van der Waals surface area contributed by atoms with E-state index in [-0.39, 0.29) is 11.9 Å². The van der Waals surface area contributed by atoms with Crippen LogP contribution in [-0.4, -0.2) is 47.1 Å². The Hall–Kier alpha value is -5.06. The second-order valence-electron chi connectivity index (χ2n) is 13.8. The lowest BCUT2D eigenvalue weighted by Crippen LogP contribution is -2.47. The molecular weight excluding hydrogens is 697 g/mol. The Bertz CT molecular complexity index is 2500. The first-order valence-electron chi connectivity index (χ1n) is 17.3. The minimum atomic E-state index is -0.673. The maximum Gasteiger partial charge on any atom is 0.276 e. The van der Waals surface area contributed by atoms with Gasteiger partial charge in [0.05, 0.1) is 35.1 Å². The van der Waals surface area contributed by atoms with Crippen LogP contribution in [0.25, 0.3) is 44.4 Å². The van der Waals surface area contributed by atoms with Crippen molar-refractivity contribution in [1.29, 1.82) is 0 Å². The van der Waals surface area contributed by atoms with Crippen LogP contribution >= 0.6 is 23.2 Å². The first kappa shape index (κ1) is 34.0. The zero-order chi connectivity index (χ0) is 36.6. The summed E-state index contributed by atoms with van der Waals surface area (Å²) < 4.78 is 17.8. The molecule has 1 aliphatic heterocycles. The van der Waals surface area contributed by atoms with Crippen molar-refractivity contribution in [2.75, 3.05) is 11.5 Å². The molecule has 1 amide bonds. The van der Waals surface area contributed by atoms with Gasteiger partial charge in [-0.3, -0.25) is 14.4 Å². The number of amides is 1. The number of hydrogen-bond acceptors (Lipinski definition) is 6. The lowest BCUT2D eigenvalue weighted by molar-refractivity contribution is 0.0951. The van der Waals surface area contributed by atoms with Crippen LogP contribution in [0.5, 0.6) is 5.75 Å². The molecule has 8 rings (SSSR count). The smallest absolute Gasteiger partial charge is 0.276 e. The van der Waals surface area contributed by atoms with E-state index in [4.69, 9.17) is 37.5 Å². The molecule has 5 heterocycles. The van der Waals surface area contributed by atoms with Crippen LogP contribution in [0.15, 0.2) is 65.5 Å². The molecule has 10 nitrogen and oxygen atoms in total. The molecule has 4 aromatic heterocycles. The Morgan fingerprint density at radius 3 is 2.46 bits per heavy atom. The Labute approximate surface area is 311 Å². The van der Waals surface area contributed by atoms with Crippen molar-refractivity contribution in [3.05, 3.63) is 99.9 Å². The third-order valence-corrected chi connectivity index (χ3v) is 11.6. The molecule has 0 bridgehead atoms. The van der Waals surface area contributed by atoms with Crippen LogP contribution in [0, 0.1) is 27.7 Å². The molecule has 0 fully saturated rings. The molecule has 7 aromatic rings. The van der Waals surface area contributed by atoms with Crippen molar-refractivity contribution < 1.29 is 13.9 Å². The number of anilines is 1. The van der Waals surface area contributed by atoms with Gasteiger partial charge < -0.3 is 18.3 Å². The number of halogens is 2. The van der Waals surface area contributed by atoms with Gasteiger partial charge in [0, 0.05) is 58.5 Å². The van der Waals surface area contributed by atoms with E-state index in [0.29, 0.717) is 31.0 Å². The first-order chi connectivity index (χ1) is 25.0. The van der Waals surface area contributed by atoms with E-state index in [1.54, 1.807) is 4.90 Å². The summed E-state index contributed by atoms with van der Waals surface area (Å²) in [5.41, 5.74) is 10.4. The van der Waals surface area contributed by atoms with Gasteiger partial charge in [0.25, 0.3) is 5.91 Å². The minimum absolute atomic E-state index is 0.145. The molecule has 2 atom stereocenters. The van der Waals surface area contributed by atoms with Crippen LogP contribution in [0.1, 0.15) is 58.0 Å². The molecular formula is C40H39Cl2N7O3. The maximum atomic E-state index is 15.1. The quantitative estimate of drug-likeness (QED) is 0.0877. The molecule has 266 valence electrons. The summed E-state index contributed by atoms with van der Waals surface area (Å²) in [5, 5.41) is 15.3. The zero-order valence-corrected chi connectivity index (χ0v) is 31.7. The van der Waals surface area contributed by atoms with Gasteiger partial charge in [0.15, 0.2) is 0 Å². The van der Waals surface area contributed by atoms with Gasteiger partial charge in [0.1, 0.15) is 16.9 Å². The van der Waals surface area contributed by atoms with Gasteiger partial charge >= 0.3 is 0 Å². The monoisotopic (exact) mass is 735 g/mol. The number of benzene rings is 3. The summed E-state index contributed by atoms with van der Waals surface area (Å²) in [6.45, 7) is 10.6. The second-order valence-corrected chi connectivity index (χ2v) is 14.6.